The normalized spacial score (nSPS) is 12.3. The summed E-state index contributed by atoms with van der Waals surface area (Å²) in [5, 5.41) is 2.93. The highest BCUT2D eigenvalue weighted by Crippen LogP contribution is 2.21. The average molecular weight is 502 g/mol. The molecule has 0 aliphatic rings. The third kappa shape index (κ3) is 8.38. The SMILES string of the molecule is CC[C@H](C(=O)NC(C)C)N(Cc1ccccc1C)C(=O)CCCN(c1cccc(C)c1)S(C)(=O)=O. The molecule has 0 heterocycles. The second kappa shape index (κ2) is 12.7. The van der Waals surface area contributed by atoms with Gasteiger partial charge in [0.05, 0.1) is 11.9 Å². The summed E-state index contributed by atoms with van der Waals surface area (Å²) in [4.78, 5) is 28.0. The molecular weight excluding hydrogens is 462 g/mol. The highest BCUT2D eigenvalue weighted by molar-refractivity contribution is 7.92. The maximum atomic E-state index is 13.4. The largest absolute Gasteiger partial charge is 0.352 e. The van der Waals surface area contributed by atoms with Gasteiger partial charge in [-0.15, -0.1) is 0 Å². The number of carbonyl (C=O) groups excluding carboxylic acids is 2. The molecule has 0 unspecified atom stereocenters. The molecular formula is C27H39N3O4S. The molecule has 7 nitrogen and oxygen atoms in total. The maximum Gasteiger partial charge on any atom is 0.243 e. The van der Waals surface area contributed by atoms with Gasteiger partial charge in [0.15, 0.2) is 0 Å². The van der Waals surface area contributed by atoms with Gasteiger partial charge in [0.2, 0.25) is 21.8 Å². The van der Waals surface area contributed by atoms with Crippen molar-refractivity contribution < 1.29 is 18.0 Å². The summed E-state index contributed by atoms with van der Waals surface area (Å²) < 4.78 is 26.2. The van der Waals surface area contributed by atoms with Crippen LogP contribution in [0.1, 0.15) is 56.7 Å². The summed E-state index contributed by atoms with van der Waals surface area (Å²) in [5.74, 6) is -0.348. The summed E-state index contributed by atoms with van der Waals surface area (Å²) in [7, 11) is -3.51. The van der Waals surface area contributed by atoms with Crippen molar-refractivity contribution in [1.82, 2.24) is 10.2 Å². The highest BCUT2D eigenvalue weighted by atomic mass is 32.2. The summed E-state index contributed by atoms with van der Waals surface area (Å²) in [6.45, 7) is 10.1. The van der Waals surface area contributed by atoms with Gasteiger partial charge in [-0.2, -0.15) is 0 Å². The van der Waals surface area contributed by atoms with E-state index in [1.165, 1.54) is 10.6 Å². The first kappa shape index (κ1) is 28.4. The fraction of sp³-hybridized carbons (Fsp3) is 0.481. The van der Waals surface area contributed by atoms with Crippen LogP contribution in [0.15, 0.2) is 48.5 Å². The zero-order chi connectivity index (χ0) is 26.2. The number of nitrogens with zero attached hydrogens (tertiary/aromatic N) is 2. The molecule has 2 amide bonds. The van der Waals surface area contributed by atoms with Crippen molar-refractivity contribution in [3.8, 4) is 0 Å². The van der Waals surface area contributed by atoms with Gasteiger partial charge in [-0.05, 0) is 69.4 Å². The predicted octanol–water partition coefficient (Wildman–Crippen LogP) is 4.18. The Morgan fingerprint density at radius 3 is 2.29 bits per heavy atom. The van der Waals surface area contributed by atoms with Crippen LogP contribution >= 0.6 is 0 Å². The standard InChI is InChI=1S/C27H39N3O4S/c1-7-25(27(32)28-20(2)3)29(19-23-14-9-8-13-22(23)5)26(31)16-11-17-30(35(6,33)34)24-15-10-12-21(4)18-24/h8-10,12-15,18,20,25H,7,11,16-17,19H2,1-6H3,(H,28,32)/t25-/m1/s1. The van der Waals surface area contributed by atoms with E-state index in [1.807, 2.05) is 77.1 Å². The van der Waals surface area contributed by atoms with Gasteiger partial charge in [0.1, 0.15) is 6.04 Å². The van der Waals surface area contributed by atoms with Crippen molar-refractivity contribution in [3.63, 3.8) is 0 Å². The van der Waals surface area contributed by atoms with Crippen molar-refractivity contribution in [2.75, 3.05) is 17.1 Å². The van der Waals surface area contributed by atoms with Crippen LogP contribution in [0, 0.1) is 13.8 Å². The summed E-state index contributed by atoms with van der Waals surface area (Å²) in [6.07, 6.45) is 2.13. The molecule has 0 saturated heterocycles. The minimum absolute atomic E-state index is 0.0374. The minimum Gasteiger partial charge on any atom is -0.352 e. The number of amides is 2. The van der Waals surface area contributed by atoms with Gasteiger partial charge >= 0.3 is 0 Å². The summed E-state index contributed by atoms with van der Waals surface area (Å²) in [6, 6.07) is 14.5. The lowest BCUT2D eigenvalue weighted by molar-refractivity contribution is -0.141. The molecule has 2 aromatic carbocycles. The Hall–Kier alpha value is -2.87. The number of nitrogens with one attached hydrogen (secondary N) is 1. The van der Waals surface area contributed by atoms with Gasteiger partial charge in [-0.1, -0.05) is 43.3 Å². The third-order valence-corrected chi connectivity index (χ3v) is 7.05. The Bertz CT molecular complexity index is 1110. The molecule has 8 heteroatoms. The summed E-state index contributed by atoms with van der Waals surface area (Å²) in [5.41, 5.74) is 3.57. The topological polar surface area (TPSA) is 86.8 Å². The Morgan fingerprint density at radius 2 is 1.71 bits per heavy atom. The second-order valence-corrected chi connectivity index (χ2v) is 11.2. The fourth-order valence-corrected chi connectivity index (χ4v) is 5.02. The maximum absolute atomic E-state index is 13.4. The summed E-state index contributed by atoms with van der Waals surface area (Å²) >= 11 is 0. The monoisotopic (exact) mass is 501 g/mol. The molecule has 1 N–H and O–H groups in total. The van der Waals surface area contributed by atoms with Crippen LogP contribution in [0.2, 0.25) is 0 Å². The first-order valence-electron chi connectivity index (χ1n) is 12.1. The zero-order valence-electron chi connectivity index (χ0n) is 21.7. The number of hydrogen-bond donors (Lipinski definition) is 1. The number of carbonyl (C=O) groups is 2. The molecule has 0 bridgehead atoms. The van der Waals surface area contributed by atoms with Crippen LogP contribution in [-0.4, -0.2) is 50.0 Å². The van der Waals surface area contributed by atoms with E-state index in [2.05, 4.69) is 5.32 Å². The lowest BCUT2D eigenvalue weighted by Gasteiger charge is -2.32. The van der Waals surface area contributed by atoms with E-state index in [0.29, 0.717) is 25.1 Å². The van der Waals surface area contributed by atoms with E-state index in [9.17, 15) is 18.0 Å². The van der Waals surface area contributed by atoms with Crippen molar-refractivity contribution in [2.24, 2.45) is 0 Å². The van der Waals surface area contributed by atoms with E-state index >= 15 is 0 Å². The Labute approximate surface area is 210 Å². The van der Waals surface area contributed by atoms with Crippen LogP contribution in [0.5, 0.6) is 0 Å². The Morgan fingerprint density at radius 1 is 1.03 bits per heavy atom. The Kier molecular flexibility index (Phi) is 10.3. The van der Waals surface area contributed by atoms with Crippen LogP contribution < -0.4 is 9.62 Å². The zero-order valence-corrected chi connectivity index (χ0v) is 22.6. The van der Waals surface area contributed by atoms with Crippen molar-refractivity contribution >= 4 is 27.5 Å². The van der Waals surface area contributed by atoms with Gasteiger partial charge < -0.3 is 10.2 Å². The minimum atomic E-state index is -3.51. The van der Waals surface area contributed by atoms with E-state index < -0.39 is 16.1 Å². The molecule has 0 aliphatic heterocycles. The lowest BCUT2D eigenvalue weighted by atomic mass is 10.0. The first-order chi connectivity index (χ1) is 16.4. The van der Waals surface area contributed by atoms with E-state index in [4.69, 9.17) is 0 Å². The van der Waals surface area contributed by atoms with E-state index in [0.717, 1.165) is 16.7 Å². The van der Waals surface area contributed by atoms with Crippen LogP contribution in [0.3, 0.4) is 0 Å². The van der Waals surface area contributed by atoms with Crippen LogP contribution in [-0.2, 0) is 26.2 Å². The van der Waals surface area contributed by atoms with Crippen LogP contribution in [0.4, 0.5) is 5.69 Å². The van der Waals surface area contributed by atoms with Gasteiger partial charge in [-0.25, -0.2) is 8.42 Å². The van der Waals surface area contributed by atoms with Gasteiger partial charge in [-0.3, -0.25) is 13.9 Å². The molecule has 0 fully saturated rings. The molecule has 192 valence electrons. The third-order valence-electron chi connectivity index (χ3n) is 5.86. The number of hydrogen-bond acceptors (Lipinski definition) is 4. The smallest absolute Gasteiger partial charge is 0.243 e. The van der Waals surface area contributed by atoms with E-state index in [-0.39, 0.29) is 30.8 Å². The molecule has 35 heavy (non-hydrogen) atoms. The predicted molar refractivity (Wildman–Crippen MR) is 142 cm³/mol. The number of benzene rings is 2. The molecule has 0 radical (unpaired) electrons. The fourth-order valence-electron chi connectivity index (χ4n) is 4.06. The second-order valence-electron chi connectivity index (χ2n) is 9.31. The number of aryl methyl sites for hydroxylation is 2. The quantitative estimate of drug-likeness (QED) is 0.473. The number of sulfonamides is 1. The number of rotatable bonds is 12. The number of anilines is 1. The Balaban J connectivity index is 2.23. The average Bonchev–Trinajstić information content (AvgIpc) is 2.76. The molecule has 0 saturated carbocycles. The van der Waals surface area contributed by atoms with Crippen molar-refractivity contribution in [1.29, 1.82) is 0 Å². The molecule has 0 aliphatic carbocycles. The molecule has 0 spiro atoms. The highest BCUT2D eigenvalue weighted by Gasteiger charge is 2.29. The molecule has 0 aromatic heterocycles. The molecule has 2 rings (SSSR count). The first-order valence-corrected chi connectivity index (χ1v) is 14.0. The van der Waals surface area contributed by atoms with Gasteiger partial charge in [0.25, 0.3) is 0 Å². The molecule has 1 atom stereocenters. The van der Waals surface area contributed by atoms with E-state index in [1.54, 1.807) is 11.0 Å². The van der Waals surface area contributed by atoms with Crippen LogP contribution in [0.25, 0.3) is 0 Å². The van der Waals surface area contributed by atoms with Crippen molar-refractivity contribution in [3.05, 3.63) is 65.2 Å². The van der Waals surface area contributed by atoms with Crippen molar-refractivity contribution in [2.45, 2.75) is 72.5 Å². The van der Waals surface area contributed by atoms with Gasteiger partial charge in [0, 0.05) is 25.6 Å². The lowest BCUT2D eigenvalue weighted by Crippen LogP contribution is -2.50. The molecule has 2 aromatic rings.